The standard InChI is InChI=1S/C11H14FNO2S/c1-11(6-7-11)8-13-16(14,15)10-5-3-2-4-9(10)12/h2-5,13H,6-8H2,1H3. The quantitative estimate of drug-likeness (QED) is 0.878. The maximum atomic E-state index is 13.3. The summed E-state index contributed by atoms with van der Waals surface area (Å²) in [5.74, 6) is -0.712. The van der Waals surface area contributed by atoms with E-state index in [0.717, 1.165) is 18.9 Å². The van der Waals surface area contributed by atoms with Crippen molar-refractivity contribution in [3.05, 3.63) is 30.1 Å². The van der Waals surface area contributed by atoms with Crippen LogP contribution < -0.4 is 4.72 Å². The van der Waals surface area contributed by atoms with Crippen LogP contribution >= 0.6 is 0 Å². The Balaban J connectivity index is 2.16. The number of rotatable bonds is 4. The van der Waals surface area contributed by atoms with Crippen molar-refractivity contribution in [2.75, 3.05) is 6.54 Å². The second-order valence-electron chi connectivity index (χ2n) is 4.57. The Morgan fingerprint density at radius 1 is 1.38 bits per heavy atom. The van der Waals surface area contributed by atoms with Crippen molar-refractivity contribution in [3.63, 3.8) is 0 Å². The molecule has 0 spiro atoms. The highest BCUT2D eigenvalue weighted by Crippen LogP contribution is 2.44. The molecular weight excluding hydrogens is 229 g/mol. The molecule has 0 unspecified atom stereocenters. The number of hydrogen-bond donors (Lipinski definition) is 1. The molecule has 0 bridgehead atoms. The third-order valence-corrected chi connectivity index (χ3v) is 4.35. The van der Waals surface area contributed by atoms with Crippen molar-refractivity contribution in [1.29, 1.82) is 0 Å². The molecule has 1 fully saturated rings. The Morgan fingerprint density at radius 3 is 2.56 bits per heavy atom. The van der Waals surface area contributed by atoms with Crippen LogP contribution in [0.1, 0.15) is 19.8 Å². The van der Waals surface area contributed by atoms with Gasteiger partial charge < -0.3 is 0 Å². The summed E-state index contributed by atoms with van der Waals surface area (Å²) < 4.78 is 39.3. The van der Waals surface area contributed by atoms with E-state index in [1.807, 2.05) is 6.92 Å². The lowest BCUT2D eigenvalue weighted by Crippen LogP contribution is -2.29. The Kier molecular flexibility index (Phi) is 2.75. The lowest BCUT2D eigenvalue weighted by molar-refractivity contribution is 0.522. The van der Waals surface area contributed by atoms with Crippen molar-refractivity contribution < 1.29 is 12.8 Å². The molecule has 3 nitrogen and oxygen atoms in total. The number of nitrogens with one attached hydrogen (secondary N) is 1. The summed E-state index contributed by atoms with van der Waals surface area (Å²) in [6.07, 6.45) is 2.04. The molecule has 5 heteroatoms. The second-order valence-corrected chi connectivity index (χ2v) is 6.30. The zero-order valence-electron chi connectivity index (χ0n) is 9.03. The Morgan fingerprint density at radius 2 is 2.00 bits per heavy atom. The van der Waals surface area contributed by atoms with Crippen LogP contribution in [0, 0.1) is 11.2 Å². The average molecular weight is 243 g/mol. The van der Waals surface area contributed by atoms with Gasteiger partial charge in [-0.25, -0.2) is 17.5 Å². The zero-order chi connectivity index (χ0) is 11.8. The molecule has 1 aromatic carbocycles. The minimum Gasteiger partial charge on any atom is -0.211 e. The molecule has 0 heterocycles. The van der Waals surface area contributed by atoms with Gasteiger partial charge in [0.15, 0.2) is 0 Å². The van der Waals surface area contributed by atoms with Gasteiger partial charge in [-0.3, -0.25) is 0 Å². The minimum atomic E-state index is -3.71. The summed E-state index contributed by atoms with van der Waals surface area (Å²) >= 11 is 0. The van der Waals surface area contributed by atoms with E-state index in [-0.39, 0.29) is 10.3 Å². The maximum absolute atomic E-state index is 13.3. The predicted octanol–water partition coefficient (Wildman–Crippen LogP) is 1.90. The summed E-state index contributed by atoms with van der Waals surface area (Å²) in [6, 6.07) is 5.40. The fraction of sp³-hybridized carbons (Fsp3) is 0.455. The first-order valence-electron chi connectivity index (χ1n) is 5.17. The molecule has 16 heavy (non-hydrogen) atoms. The summed E-state index contributed by atoms with van der Waals surface area (Å²) in [7, 11) is -3.71. The molecule has 1 saturated carbocycles. The van der Waals surface area contributed by atoms with Crippen LogP contribution in [0.2, 0.25) is 0 Å². The highest BCUT2D eigenvalue weighted by molar-refractivity contribution is 7.89. The van der Waals surface area contributed by atoms with E-state index in [4.69, 9.17) is 0 Å². The molecule has 1 aromatic rings. The first-order chi connectivity index (χ1) is 7.43. The third kappa shape index (κ3) is 2.41. The number of benzene rings is 1. The van der Waals surface area contributed by atoms with E-state index in [9.17, 15) is 12.8 Å². The van der Waals surface area contributed by atoms with Gasteiger partial charge in [0.2, 0.25) is 10.0 Å². The van der Waals surface area contributed by atoms with Gasteiger partial charge in [0, 0.05) is 6.54 Å². The first-order valence-corrected chi connectivity index (χ1v) is 6.66. The average Bonchev–Trinajstić information content (AvgIpc) is 2.95. The van der Waals surface area contributed by atoms with Crippen molar-refractivity contribution in [3.8, 4) is 0 Å². The van der Waals surface area contributed by atoms with Crippen LogP contribution in [0.25, 0.3) is 0 Å². The molecule has 0 atom stereocenters. The lowest BCUT2D eigenvalue weighted by atomic mass is 10.2. The van der Waals surface area contributed by atoms with Crippen LogP contribution in [0.3, 0.4) is 0 Å². The second kappa shape index (κ2) is 3.82. The highest BCUT2D eigenvalue weighted by atomic mass is 32.2. The van der Waals surface area contributed by atoms with Crippen molar-refractivity contribution >= 4 is 10.0 Å². The van der Waals surface area contributed by atoms with Gasteiger partial charge in [-0.15, -0.1) is 0 Å². The van der Waals surface area contributed by atoms with Crippen molar-refractivity contribution in [2.45, 2.75) is 24.7 Å². The molecule has 0 aromatic heterocycles. The Hall–Kier alpha value is -0.940. The molecule has 0 amide bonds. The Bertz CT molecular complexity index is 494. The fourth-order valence-corrected chi connectivity index (χ4v) is 2.68. The minimum absolute atomic E-state index is 0.0678. The Labute approximate surface area is 94.7 Å². The topological polar surface area (TPSA) is 46.2 Å². The van der Waals surface area contributed by atoms with E-state index in [2.05, 4.69) is 4.72 Å². The van der Waals surface area contributed by atoms with Gasteiger partial charge in [0.1, 0.15) is 10.7 Å². The van der Waals surface area contributed by atoms with E-state index < -0.39 is 15.8 Å². The molecule has 1 aliphatic carbocycles. The van der Waals surface area contributed by atoms with Gasteiger partial charge >= 0.3 is 0 Å². The summed E-state index contributed by atoms with van der Waals surface area (Å²) in [6.45, 7) is 2.39. The lowest BCUT2D eigenvalue weighted by Gasteiger charge is -2.11. The number of sulfonamides is 1. The van der Waals surface area contributed by atoms with Crippen LogP contribution in [0.5, 0.6) is 0 Å². The molecule has 0 radical (unpaired) electrons. The fourth-order valence-electron chi connectivity index (χ4n) is 1.40. The molecule has 1 N–H and O–H groups in total. The summed E-state index contributed by atoms with van der Waals surface area (Å²) in [5.41, 5.74) is 0.0678. The van der Waals surface area contributed by atoms with Crippen LogP contribution in [0.4, 0.5) is 4.39 Å². The van der Waals surface area contributed by atoms with Gasteiger partial charge in [0.25, 0.3) is 0 Å². The van der Waals surface area contributed by atoms with Crippen LogP contribution in [-0.4, -0.2) is 15.0 Å². The zero-order valence-corrected chi connectivity index (χ0v) is 9.85. The van der Waals surface area contributed by atoms with Gasteiger partial charge in [-0.05, 0) is 30.4 Å². The van der Waals surface area contributed by atoms with Gasteiger partial charge in [-0.1, -0.05) is 19.1 Å². The van der Waals surface area contributed by atoms with Crippen molar-refractivity contribution in [2.24, 2.45) is 5.41 Å². The molecule has 0 saturated heterocycles. The highest BCUT2D eigenvalue weighted by Gasteiger charge is 2.38. The molecule has 2 rings (SSSR count). The van der Waals surface area contributed by atoms with Gasteiger partial charge in [-0.2, -0.15) is 0 Å². The normalized spacial score (nSPS) is 18.4. The monoisotopic (exact) mass is 243 g/mol. The van der Waals surface area contributed by atoms with E-state index >= 15 is 0 Å². The largest absolute Gasteiger partial charge is 0.243 e. The first kappa shape index (κ1) is 11.5. The third-order valence-electron chi connectivity index (χ3n) is 2.92. The number of halogens is 1. The van der Waals surface area contributed by atoms with Crippen LogP contribution in [-0.2, 0) is 10.0 Å². The van der Waals surface area contributed by atoms with Crippen molar-refractivity contribution in [1.82, 2.24) is 4.72 Å². The van der Waals surface area contributed by atoms with E-state index in [1.54, 1.807) is 0 Å². The SMILES string of the molecule is CC1(CNS(=O)(=O)c2ccccc2F)CC1. The summed E-state index contributed by atoms with van der Waals surface area (Å²) in [5, 5.41) is 0. The smallest absolute Gasteiger partial charge is 0.211 e. The molecule has 88 valence electrons. The number of hydrogen-bond acceptors (Lipinski definition) is 2. The van der Waals surface area contributed by atoms with Crippen LogP contribution in [0.15, 0.2) is 29.2 Å². The summed E-state index contributed by atoms with van der Waals surface area (Å²) in [4.78, 5) is -0.278. The molecule has 0 aliphatic heterocycles. The van der Waals surface area contributed by atoms with Gasteiger partial charge in [0.05, 0.1) is 0 Å². The maximum Gasteiger partial charge on any atom is 0.243 e. The van der Waals surface area contributed by atoms with E-state index in [0.29, 0.717) is 6.54 Å². The molecular formula is C11H14FNO2S. The molecule has 1 aliphatic rings. The predicted molar refractivity (Wildman–Crippen MR) is 58.9 cm³/mol. The van der Waals surface area contributed by atoms with E-state index in [1.165, 1.54) is 18.2 Å².